The summed E-state index contributed by atoms with van der Waals surface area (Å²) in [6.45, 7) is 1.74. The van der Waals surface area contributed by atoms with Gasteiger partial charge in [-0.15, -0.1) is 0 Å². The average molecular weight is 442 g/mol. The first-order valence-electron chi connectivity index (χ1n) is 8.31. The maximum atomic E-state index is 12.5. The van der Waals surface area contributed by atoms with Crippen LogP contribution in [0.2, 0.25) is 0 Å². The Morgan fingerprint density at radius 3 is 2.48 bits per heavy atom. The smallest absolute Gasteiger partial charge is 0.237 e. The van der Waals surface area contributed by atoms with Crippen LogP contribution in [0.1, 0.15) is 42.4 Å². The second-order valence-corrected chi connectivity index (χ2v) is 8.47. The van der Waals surface area contributed by atoms with Gasteiger partial charge >= 0.3 is 0 Å². The second-order valence-electron chi connectivity index (χ2n) is 6.22. The van der Waals surface area contributed by atoms with Crippen LogP contribution in [0.3, 0.4) is 0 Å². The van der Waals surface area contributed by atoms with Gasteiger partial charge in [0, 0.05) is 10.2 Å². The molecule has 1 aliphatic rings. The number of nitrogens with one attached hydrogen (secondary N) is 1. The summed E-state index contributed by atoms with van der Waals surface area (Å²) in [4.78, 5) is 16.7. The lowest BCUT2D eigenvalue weighted by molar-refractivity contribution is -0.115. The first-order chi connectivity index (χ1) is 12.9. The van der Waals surface area contributed by atoms with Crippen molar-refractivity contribution in [2.75, 3.05) is 11.1 Å². The number of pyridine rings is 1. The lowest BCUT2D eigenvalue weighted by Gasteiger charge is -2.15. The van der Waals surface area contributed by atoms with E-state index in [0.29, 0.717) is 21.8 Å². The van der Waals surface area contributed by atoms with Crippen LogP contribution in [0.4, 0.5) is 11.5 Å². The molecule has 1 fully saturated rings. The fourth-order valence-corrected chi connectivity index (χ4v) is 3.88. The van der Waals surface area contributed by atoms with E-state index < -0.39 is 5.25 Å². The van der Waals surface area contributed by atoms with E-state index in [4.69, 9.17) is 5.73 Å². The number of carbonyl (C=O) groups is 1. The number of thioether (sulfide) groups is 1. The fourth-order valence-electron chi connectivity index (χ4n) is 2.69. The molecule has 1 aromatic carbocycles. The highest BCUT2D eigenvalue weighted by molar-refractivity contribution is 9.10. The summed E-state index contributed by atoms with van der Waals surface area (Å²) in [6, 6.07) is 11.5. The third-order valence-electron chi connectivity index (χ3n) is 4.21. The quantitative estimate of drug-likeness (QED) is 0.672. The van der Waals surface area contributed by atoms with Gasteiger partial charge in [0.15, 0.2) is 0 Å². The highest BCUT2D eigenvalue weighted by Gasteiger charge is 2.33. The molecule has 6 nitrogen and oxygen atoms in total. The summed E-state index contributed by atoms with van der Waals surface area (Å²) in [5, 5.41) is 21.8. The zero-order valence-corrected chi connectivity index (χ0v) is 16.9. The van der Waals surface area contributed by atoms with Gasteiger partial charge in [0.05, 0.1) is 16.4 Å². The molecule has 0 radical (unpaired) electrons. The van der Waals surface area contributed by atoms with Crippen LogP contribution in [0, 0.1) is 22.7 Å². The van der Waals surface area contributed by atoms with Crippen LogP contribution in [0.5, 0.6) is 0 Å². The molecule has 1 atom stereocenters. The molecule has 3 N–H and O–H groups in total. The number of amides is 1. The highest BCUT2D eigenvalue weighted by Crippen LogP contribution is 2.46. The van der Waals surface area contributed by atoms with Crippen molar-refractivity contribution in [1.82, 2.24) is 4.98 Å². The topological polar surface area (TPSA) is 116 Å². The SMILES string of the molecule is C[C@@H](Sc1nc(N)c(C#N)c(C2CC2)c1C#N)C(=O)Nc1ccc(Br)cc1. The fraction of sp³-hybridized carbons (Fsp3) is 0.263. The molecule has 3 rings (SSSR count). The molecule has 1 amide bonds. The standard InChI is InChI=1S/C19H16BrN5OS/c1-10(18(26)24-13-6-4-12(20)5-7-13)27-19-15(9-22)16(11-2-3-11)14(8-21)17(23)25-19/h4-7,10-11H,2-3H2,1H3,(H2,23,25)(H,24,26)/t10-/m1/s1. The van der Waals surface area contributed by atoms with Gasteiger partial charge in [-0.25, -0.2) is 4.98 Å². The Kier molecular flexibility index (Phi) is 5.69. The molecule has 8 heteroatoms. The first kappa shape index (κ1) is 19.2. The number of nitrogen functional groups attached to an aromatic ring is 1. The number of aromatic nitrogens is 1. The Labute approximate surface area is 169 Å². The van der Waals surface area contributed by atoms with E-state index in [9.17, 15) is 15.3 Å². The molecule has 1 saturated carbocycles. The summed E-state index contributed by atoms with van der Waals surface area (Å²) in [5.74, 6) is 0.0798. The van der Waals surface area contributed by atoms with Crippen molar-refractivity contribution in [3.05, 3.63) is 45.4 Å². The molecule has 0 saturated heterocycles. The Hall–Kier alpha value is -2.55. The molecule has 2 aromatic rings. The van der Waals surface area contributed by atoms with Gasteiger partial charge in [-0.05, 0) is 55.5 Å². The van der Waals surface area contributed by atoms with E-state index in [2.05, 4.69) is 38.4 Å². The van der Waals surface area contributed by atoms with E-state index >= 15 is 0 Å². The van der Waals surface area contributed by atoms with Gasteiger partial charge in [-0.1, -0.05) is 27.7 Å². The van der Waals surface area contributed by atoms with Crippen LogP contribution in [-0.2, 0) is 4.79 Å². The molecule has 0 bridgehead atoms. The number of carbonyl (C=O) groups excluding carboxylic acids is 1. The summed E-state index contributed by atoms with van der Waals surface area (Å²) in [5.41, 5.74) is 7.95. The summed E-state index contributed by atoms with van der Waals surface area (Å²) in [7, 11) is 0. The molecule has 1 heterocycles. The molecular formula is C19H16BrN5OS. The van der Waals surface area contributed by atoms with E-state index in [-0.39, 0.29) is 23.2 Å². The van der Waals surface area contributed by atoms with Gasteiger partial charge < -0.3 is 11.1 Å². The van der Waals surface area contributed by atoms with E-state index in [1.165, 1.54) is 11.8 Å². The van der Waals surface area contributed by atoms with Gasteiger partial charge in [0.2, 0.25) is 5.91 Å². The molecule has 136 valence electrons. The van der Waals surface area contributed by atoms with Gasteiger partial charge in [0.25, 0.3) is 0 Å². The molecule has 1 aromatic heterocycles. The van der Waals surface area contributed by atoms with Crippen molar-refractivity contribution in [2.45, 2.75) is 36.0 Å². The Morgan fingerprint density at radius 1 is 1.30 bits per heavy atom. The average Bonchev–Trinajstić information content (AvgIpc) is 3.48. The third kappa shape index (κ3) is 4.24. The second kappa shape index (κ2) is 7.99. The van der Waals surface area contributed by atoms with Gasteiger partial charge in [0.1, 0.15) is 23.0 Å². The lowest BCUT2D eigenvalue weighted by atomic mass is 10.0. The number of benzene rings is 1. The number of rotatable bonds is 5. The van der Waals surface area contributed by atoms with Crippen LogP contribution < -0.4 is 11.1 Å². The minimum Gasteiger partial charge on any atom is -0.383 e. The zero-order valence-electron chi connectivity index (χ0n) is 14.5. The molecule has 1 aliphatic carbocycles. The van der Waals surface area contributed by atoms with Crippen LogP contribution in [0.15, 0.2) is 33.8 Å². The number of hydrogen-bond acceptors (Lipinski definition) is 6. The normalized spacial score (nSPS) is 14.1. The maximum absolute atomic E-state index is 12.5. The number of hydrogen-bond donors (Lipinski definition) is 2. The van der Waals surface area contributed by atoms with E-state index in [0.717, 1.165) is 17.3 Å². The van der Waals surface area contributed by atoms with Gasteiger partial charge in [-0.3, -0.25) is 4.79 Å². The van der Waals surface area contributed by atoms with Crippen molar-refractivity contribution >= 4 is 45.1 Å². The summed E-state index contributed by atoms with van der Waals surface area (Å²) >= 11 is 4.53. The molecule has 0 unspecified atom stereocenters. The van der Waals surface area contributed by atoms with Gasteiger partial charge in [-0.2, -0.15) is 10.5 Å². The number of nitrogens with two attached hydrogens (primary N) is 1. The van der Waals surface area contributed by atoms with E-state index in [1.807, 2.05) is 12.1 Å². The lowest BCUT2D eigenvalue weighted by Crippen LogP contribution is -2.22. The van der Waals surface area contributed by atoms with E-state index in [1.54, 1.807) is 19.1 Å². The highest BCUT2D eigenvalue weighted by atomic mass is 79.9. The number of anilines is 2. The molecular weight excluding hydrogens is 426 g/mol. The minimum absolute atomic E-state index is 0.112. The Balaban J connectivity index is 1.84. The number of nitrogens with zero attached hydrogens (tertiary/aromatic N) is 3. The largest absolute Gasteiger partial charge is 0.383 e. The number of halogens is 1. The van der Waals surface area contributed by atoms with Crippen LogP contribution in [0.25, 0.3) is 0 Å². The van der Waals surface area contributed by atoms with Crippen molar-refractivity contribution in [2.24, 2.45) is 0 Å². The van der Waals surface area contributed by atoms with Crippen LogP contribution >= 0.6 is 27.7 Å². The number of nitriles is 2. The predicted octanol–water partition coefficient (Wildman–Crippen LogP) is 4.17. The predicted molar refractivity (Wildman–Crippen MR) is 108 cm³/mol. The maximum Gasteiger partial charge on any atom is 0.237 e. The molecule has 27 heavy (non-hydrogen) atoms. The molecule has 0 spiro atoms. The first-order valence-corrected chi connectivity index (χ1v) is 9.98. The van der Waals surface area contributed by atoms with Crippen molar-refractivity contribution < 1.29 is 4.79 Å². The Bertz CT molecular complexity index is 974. The van der Waals surface area contributed by atoms with Crippen molar-refractivity contribution in [3.63, 3.8) is 0 Å². The minimum atomic E-state index is -0.493. The third-order valence-corrected chi connectivity index (χ3v) is 5.82. The Morgan fingerprint density at radius 2 is 1.93 bits per heavy atom. The molecule has 0 aliphatic heterocycles. The zero-order chi connectivity index (χ0) is 19.6. The van der Waals surface area contributed by atoms with Crippen LogP contribution in [-0.4, -0.2) is 16.1 Å². The van der Waals surface area contributed by atoms with Crippen molar-refractivity contribution in [1.29, 1.82) is 10.5 Å². The summed E-state index contributed by atoms with van der Waals surface area (Å²) in [6.07, 6.45) is 1.85. The monoisotopic (exact) mass is 441 g/mol. The summed E-state index contributed by atoms with van der Waals surface area (Å²) < 4.78 is 0.923. The van der Waals surface area contributed by atoms with Crippen molar-refractivity contribution in [3.8, 4) is 12.1 Å².